The molecule has 2 amide bonds. The molecule has 2 saturated heterocycles. The maximum Gasteiger partial charge on any atom is 0.290 e. The van der Waals surface area contributed by atoms with Crippen LogP contribution in [0.1, 0.15) is 43.7 Å². The van der Waals surface area contributed by atoms with Gasteiger partial charge in [0.25, 0.3) is 5.91 Å². The fraction of sp³-hybridized carbons (Fsp3) is 0.667. The number of piperidine rings is 1. The van der Waals surface area contributed by atoms with Crippen LogP contribution < -0.4 is 5.32 Å². The molecule has 2 aliphatic rings. The summed E-state index contributed by atoms with van der Waals surface area (Å²) in [5.74, 6) is -0.228. The van der Waals surface area contributed by atoms with E-state index in [4.69, 9.17) is 9.47 Å². The highest BCUT2D eigenvalue weighted by Crippen LogP contribution is 2.25. The van der Waals surface area contributed by atoms with Crippen molar-refractivity contribution in [3.05, 3.63) is 29.8 Å². The van der Waals surface area contributed by atoms with Crippen LogP contribution >= 0.6 is 0 Å². The van der Waals surface area contributed by atoms with Gasteiger partial charge in [0, 0.05) is 59.0 Å². The zero-order chi connectivity index (χ0) is 26.4. The van der Waals surface area contributed by atoms with E-state index >= 15 is 0 Å². The number of hydrogen-bond donors (Lipinski definition) is 1. The molecule has 0 unspecified atom stereocenters. The number of para-hydroxylation sites is 1. The first-order valence-corrected chi connectivity index (χ1v) is 13.4. The first-order valence-electron chi connectivity index (χ1n) is 13.4. The van der Waals surface area contributed by atoms with Gasteiger partial charge in [-0.25, -0.2) is 9.37 Å². The summed E-state index contributed by atoms with van der Waals surface area (Å²) < 4.78 is 27.2. The number of methoxy groups -OCH3 is 1. The standard InChI is InChI=1S/C27H40FN5O4/c1-19(2)18-33(21-15-20(16-29-17-21)26(34)31-10-13-37-14-11-31)27(35)25-30-23-8-6-7-22(28)24(23)32(25)9-4-5-12-36-3/h6-8,19-21,29H,4-5,9-18H2,1-3H3/t20-,21+/m1/s1. The molecule has 0 bridgehead atoms. The lowest BCUT2D eigenvalue weighted by Gasteiger charge is -2.40. The number of nitrogens with one attached hydrogen (secondary N) is 1. The molecule has 0 saturated carbocycles. The number of nitrogens with zero attached hydrogens (tertiary/aromatic N) is 4. The molecule has 0 radical (unpaired) electrons. The zero-order valence-electron chi connectivity index (χ0n) is 22.2. The van der Waals surface area contributed by atoms with Crippen molar-refractivity contribution in [2.24, 2.45) is 11.8 Å². The van der Waals surface area contributed by atoms with Gasteiger partial charge in [-0.2, -0.15) is 0 Å². The third-order valence-electron chi connectivity index (χ3n) is 7.15. The molecule has 4 rings (SSSR count). The van der Waals surface area contributed by atoms with Gasteiger partial charge in [-0.15, -0.1) is 0 Å². The van der Waals surface area contributed by atoms with E-state index in [0.29, 0.717) is 76.5 Å². The largest absolute Gasteiger partial charge is 0.385 e. The molecule has 3 heterocycles. The Labute approximate surface area is 218 Å². The van der Waals surface area contributed by atoms with Crippen molar-refractivity contribution in [1.29, 1.82) is 0 Å². The highest BCUT2D eigenvalue weighted by Gasteiger charge is 2.37. The maximum absolute atomic E-state index is 14.9. The highest BCUT2D eigenvalue weighted by atomic mass is 19.1. The minimum absolute atomic E-state index is 0.116. The van der Waals surface area contributed by atoms with Crippen molar-refractivity contribution < 1.29 is 23.5 Å². The number of hydrogen-bond acceptors (Lipinski definition) is 6. The number of imidazole rings is 1. The molecule has 10 heteroatoms. The number of ether oxygens (including phenoxy) is 2. The van der Waals surface area contributed by atoms with Crippen molar-refractivity contribution in [3.8, 4) is 0 Å². The first kappa shape index (κ1) is 27.5. The molecular formula is C27H40FN5O4. The molecular weight excluding hydrogens is 477 g/mol. The second-order valence-corrected chi connectivity index (χ2v) is 10.4. The van der Waals surface area contributed by atoms with E-state index in [1.165, 1.54) is 6.07 Å². The maximum atomic E-state index is 14.9. The van der Waals surface area contributed by atoms with Crippen LogP contribution in [0.5, 0.6) is 0 Å². The topological polar surface area (TPSA) is 88.9 Å². The summed E-state index contributed by atoms with van der Waals surface area (Å²) in [6, 6.07) is 4.60. The molecule has 37 heavy (non-hydrogen) atoms. The second-order valence-electron chi connectivity index (χ2n) is 10.4. The number of rotatable bonds is 10. The Bertz CT molecular complexity index is 1070. The van der Waals surface area contributed by atoms with Gasteiger partial charge in [-0.05, 0) is 37.3 Å². The third-order valence-corrected chi connectivity index (χ3v) is 7.15. The lowest BCUT2D eigenvalue weighted by molar-refractivity contribution is -0.140. The van der Waals surface area contributed by atoms with Crippen molar-refractivity contribution >= 4 is 22.8 Å². The molecule has 2 fully saturated rings. The third kappa shape index (κ3) is 6.48. The molecule has 204 valence electrons. The van der Waals surface area contributed by atoms with Gasteiger partial charge >= 0.3 is 0 Å². The quantitative estimate of drug-likeness (QED) is 0.488. The summed E-state index contributed by atoms with van der Waals surface area (Å²) in [6.45, 7) is 9.27. The van der Waals surface area contributed by atoms with Crippen LogP contribution in [0.3, 0.4) is 0 Å². The monoisotopic (exact) mass is 517 g/mol. The molecule has 1 aromatic heterocycles. The lowest BCUT2D eigenvalue weighted by atomic mass is 9.92. The van der Waals surface area contributed by atoms with Crippen LogP contribution in [-0.4, -0.2) is 96.9 Å². The van der Waals surface area contributed by atoms with Gasteiger partial charge in [0.2, 0.25) is 5.91 Å². The van der Waals surface area contributed by atoms with Crippen LogP contribution in [0.4, 0.5) is 4.39 Å². The predicted octanol–water partition coefficient (Wildman–Crippen LogP) is 2.54. The Morgan fingerprint density at radius 3 is 2.76 bits per heavy atom. The first-order chi connectivity index (χ1) is 17.9. The average molecular weight is 518 g/mol. The molecule has 2 aromatic rings. The second kappa shape index (κ2) is 12.8. The van der Waals surface area contributed by atoms with Crippen LogP contribution in [0.25, 0.3) is 11.0 Å². The van der Waals surface area contributed by atoms with E-state index in [9.17, 15) is 14.0 Å². The number of amides is 2. The van der Waals surface area contributed by atoms with Gasteiger partial charge in [-0.3, -0.25) is 9.59 Å². The molecule has 0 spiro atoms. The molecule has 1 aromatic carbocycles. The van der Waals surface area contributed by atoms with Gasteiger partial charge in [0.1, 0.15) is 11.3 Å². The van der Waals surface area contributed by atoms with Crippen molar-refractivity contribution in [1.82, 2.24) is 24.7 Å². The Kier molecular flexibility index (Phi) is 9.50. The van der Waals surface area contributed by atoms with Gasteiger partial charge in [0.15, 0.2) is 5.82 Å². The number of carbonyl (C=O) groups excluding carboxylic acids is 2. The number of morpholine rings is 1. The summed E-state index contributed by atoms with van der Waals surface area (Å²) in [5, 5.41) is 3.39. The molecule has 2 atom stereocenters. The summed E-state index contributed by atoms with van der Waals surface area (Å²) in [5.41, 5.74) is 0.830. The number of carbonyl (C=O) groups is 2. The molecule has 1 N–H and O–H groups in total. The van der Waals surface area contributed by atoms with Crippen LogP contribution in [0.15, 0.2) is 18.2 Å². The number of fused-ring (bicyclic) bond motifs is 1. The smallest absolute Gasteiger partial charge is 0.290 e. The van der Waals surface area contributed by atoms with Crippen molar-refractivity contribution in [2.75, 3.05) is 59.7 Å². The fourth-order valence-electron chi connectivity index (χ4n) is 5.35. The van der Waals surface area contributed by atoms with E-state index in [-0.39, 0.29) is 41.3 Å². The van der Waals surface area contributed by atoms with E-state index in [0.717, 1.165) is 12.8 Å². The Hall–Kier alpha value is -2.56. The minimum Gasteiger partial charge on any atom is -0.385 e. The summed E-state index contributed by atoms with van der Waals surface area (Å²) >= 11 is 0. The van der Waals surface area contributed by atoms with Crippen LogP contribution in [0.2, 0.25) is 0 Å². The number of unbranched alkanes of at least 4 members (excludes halogenated alkanes) is 1. The summed E-state index contributed by atoms with van der Waals surface area (Å²) in [4.78, 5) is 35.7. The predicted molar refractivity (Wildman–Crippen MR) is 139 cm³/mol. The Balaban J connectivity index is 1.60. The average Bonchev–Trinajstić information content (AvgIpc) is 3.29. The Morgan fingerprint density at radius 2 is 2.03 bits per heavy atom. The number of aryl methyl sites for hydroxylation is 1. The number of benzene rings is 1. The van der Waals surface area contributed by atoms with Gasteiger partial charge in [0.05, 0.1) is 24.6 Å². The van der Waals surface area contributed by atoms with Crippen LogP contribution in [-0.2, 0) is 20.8 Å². The van der Waals surface area contributed by atoms with E-state index in [2.05, 4.69) is 24.1 Å². The zero-order valence-corrected chi connectivity index (χ0v) is 22.2. The van der Waals surface area contributed by atoms with Gasteiger partial charge < -0.3 is 29.2 Å². The molecule has 9 nitrogen and oxygen atoms in total. The normalized spacial score (nSPS) is 20.5. The van der Waals surface area contributed by atoms with E-state index < -0.39 is 0 Å². The Morgan fingerprint density at radius 1 is 1.24 bits per heavy atom. The van der Waals surface area contributed by atoms with Crippen LogP contribution in [0, 0.1) is 17.7 Å². The fourth-order valence-corrected chi connectivity index (χ4v) is 5.35. The summed E-state index contributed by atoms with van der Waals surface area (Å²) in [6.07, 6.45) is 2.12. The van der Waals surface area contributed by atoms with Gasteiger partial charge in [-0.1, -0.05) is 19.9 Å². The lowest BCUT2D eigenvalue weighted by Crippen LogP contribution is -2.56. The van der Waals surface area contributed by atoms with E-state index in [1.54, 1.807) is 23.8 Å². The SMILES string of the molecule is COCCCCn1c(C(=O)N(CC(C)C)[C@@H]2CNC[C@H](C(=O)N3CCOCC3)C2)nc2cccc(F)c21. The molecule has 0 aliphatic carbocycles. The highest BCUT2D eigenvalue weighted by molar-refractivity contribution is 5.95. The van der Waals surface area contributed by atoms with Crippen molar-refractivity contribution in [3.63, 3.8) is 0 Å². The summed E-state index contributed by atoms with van der Waals surface area (Å²) in [7, 11) is 1.65. The molecule has 2 aliphatic heterocycles. The number of halogens is 1. The minimum atomic E-state index is -0.387. The van der Waals surface area contributed by atoms with E-state index in [1.807, 2.05) is 9.80 Å². The van der Waals surface area contributed by atoms with Crippen molar-refractivity contribution in [2.45, 2.75) is 45.7 Å². The number of aromatic nitrogens is 2.